The van der Waals surface area contributed by atoms with E-state index in [9.17, 15) is 4.79 Å². The molecular formula is C21H43NO3. The molecule has 0 aliphatic carbocycles. The Morgan fingerprint density at radius 2 is 1.08 bits per heavy atom. The van der Waals surface area contributed by atoms with Gasteiger partial charge in [0.15, 0.2) is 6.10 Å². The van der Waals surface area contributed by atoms with E-state index >= 15 is 0 Å². The molecule has 0 bridgehead atoms. The Balaban J connectivity index is 3.04. The number of carbonyl (C=O) groups is 1. The smallest absolute Gasteiger partial charge is 0.333 e. The van der Waals surface area contributed by atoms with Gasteiger partial charge in [-0.1, -0.05) is 103 Å². The summed E-state index contributed by atoms with van der Waals surface area (Å²) in [6.45, 7) is 3.21. The third-order valence-electron chi connectivity index (χ3n) is 4.83. The number of nitrogens with one attached hydrogen (secondary N) is 1. The van der Waals surface area contributed by atoms with Crippen LogP contribution in [0.15, 0.2) is 0 Å². The molecule has 3 N–H and O–H groups in total. The van der Waals surface area contributed by atoms with Crippen molar-refractivity contribution in [3.8, 4) is 0 Å². The zero-order valence-electron chi connectivity index (χ0n) is 16.6. The number of hydrogen-bond donors (Lipinski definition) is 3. The molecule has 0 spiro atoms. The second-order valence-corrected chi connectivity index (χ2v) is 7.36. The van der Waals surface area contributed by atoms with Gasteiger partial charge >= 0.3 is 5.97 Å². The summed E-state index contributed by atoms with van der Waals surface area (Å²) in [5.41, 5.74) is 0. The molecule has 1 unspecified atom stereocenters. The molecule has 0 aromatic rings. The maximum absolute atomic E-state index is 10.4. The predicted molar refractivity (Wildman–Crippen MR) is 106 cm³/mol. The van der Waals surface area contributed by atoms with Crippen molar-refractivity contribution >= 4 is 5.97 Å². The van der Waals surface area contributed by atoms with Crippen LogP contribution in [-0.2, 0) is 4.79 Å². The number of aliphatic hydroxyl groups excluding tert-OH is 1. The number of aliphatic hydroxyl groups is 1. The lowest BCUT2D eigenvalue weighted by atomic mass is 10.0. The normalized spacial score (nSPS) is 12.4. The van der Waals surface area contributed by atoms with E-state index in [1.165, 1.54) is 96.3 Å². The summed E-state index contributed by atoms with van der Waals surface area (Å²) in [5.74, 6) is -1.15. The van der Waals surface area contributed by atoms with Gasteiger partial charge in [0, 0.05) is 6.54 Å². The fraction of sp³-hybridized carbons (Fsp3) is 0.952. The second kappa shape index (κ2) is 19.7. The molecule has 0 radical (unpaired) electrons. The molecule has 4 heteroatoms. The van der Waals surface area contributed by atoms with Crippen LogP contribution in [0.3, 0.4) is 0 Å². The highest BCUT2D eigenvalue weighted by molar-refractivity contribution is 5.72. The fourth-order valence-corrected chi connectivity index (χ4v) is 3.12. The van der Waals surface area contributed by atoms with Crippen LogP contribution in [0.1, 0.15) is 110 Å². The first kappa shape index (κ1) is 24.4. The molecule has 4 nitrogen and oxygen atoms in total. The second-order valence-electron chi connectivity index (χ2n) is 7.36. The molecule has 0 amide bonds. The number of hydrogen-bond acceptors (Lipinski definition) is 3. The van der Waals surface area contributed by atoms with Gasteiger partial charge in [-0.3, -0.25) is 0 Å². The van der Waals surface area contributed by atoms with Gasteiger partial charge in [-0.25, -0.2) is 4.79 Å². The first-order valence-electron chi connectivity index (χ1n) is 10.8. The van der Waals surface area contributed by atoms with Crippen LogP contribution in [0.5, 0.6) is 0 Å². The molecule has 0 heterocycles. The fourth-order valence-electron chi connectivity index (χ4n) is 3.12. The lowest BCUT2D eigenvalue weighted by Crippen LogP contribution is -2.33. The summed E-state index contributed by atoms with van der Waals surface area (Å²) in [6.07, 6.45) is 20.4. The Kier molecular flexibility index (Phi) is 19.2. The van der Waals surface area contributed by atoms with Crippen LogP contribution in [0.25, 0.3) is 0 Å². The minimum absolute atomic E-state index is 0.147. The SMILES string of the molecule is CCCCCCCCCCCCCCCCCCNCC(O)C(=O)O. The monoisotopic (exact) mass is 357 g/mol. The van der Waals surface area contributed by atoms with Crippen LogP contribution in [-0.4, -0.2) is 35.4 Å². The Morgan fingerprint density at radius 1 is 0.720 bits per heavy atom. The van der Waals surface area contributed by atoms with Crippen LogP contribution >= 0.6 is 0 Å². The van der Waals surface area contributed by atoms with Crippen molar-refractivity contribution in [3.05, 3.63) is 0 Å². The van der Waals surface area contributed by atoms with Gasteiger partial charge in [-0.05, 0) is 13.0 Å². The minimum atomic E-state index is -1.28. The zero-order chi connectivity index (χ0) is 18.6. The van der Waals surface area contributed by atoms with Crippen LogP contribution in [0.4, 0.5) is 0 Å². The van der Waals surface area contributed by atoms with Crippen LogP contribution in [0.2, 0.25) is 0 Å². The molecule has 150 valence electrons. The highest BCUT2D eigenvalue weighted by Gasteiger charge is 2.11. The van der Waals surface area contributed by atoms with Gasteiger partial charge < -0.3 is 15.5 Å². The molecule has 0 aromatic heterocycles. The molecule has 0 saturated carbocycles. The predicted octanol–water partition coefficient (Wildman–Crippen LogP) is 5.28. The first-order valence-corrected chi connectivity index (χ1v) is 10.8. The van der Waals surface area contributed by atoms with E-state index in [1.54, 1.807) is 0 Å². The number of unbranched alkanes of at least 4 members (excludes halogenated alkanes) is 15. The van der Waals surface area contributed by atoms with Crippen molar-refractivity contribution in [2.75, 3.05) is 13.1 Å². The number of carboxylic acids is 1. The molecular weight excluding hydrogens is 314 g/mol. The number of rotatable bonds is 20. The van der Waals surface area contributed by atoms with E-state index in [0.717, 1.165) is 13.0 Å². The highest BCUT2D eigenvalue weighted by atomic mass is 16.4. The summed E-state index contributed by atoms with van der Waals surface area (Å²) >= 11 is 0. The van der Waals surface area contributed by atoms with Crippen molar-refractivity contribution in [2.45, 2.75) is 116 Å². The lowest BCUT2D eigenvalue weighted by molar-refractivity contribution is -0.146. The number of aliphatic carboxylic acids is 1. The lowest BCUT2D eigenvalue weighted by Gasteiger charge is -2.07. The summed E-state index contributed by atoms with van der Waals surface area (Å²) in [4.78, 5) is 10.4. The standard InChI is InChI=1S/C21H43NO3/c1-2-3-4-5-6-7-8-9-10-11-12-13-14-15-16-17-18-22-19-20(23)21(24)25/h20,22-23H,2-19H2,1H3,(H,24,25). The molecule has 0 fully saturated rings. The third-order valence-corrected chi connectivity index (χ3v) is 4.83. The zero-order valence-corrected chi connectivity index (χ0v) is 16.6. The molecule has 25 heavy (non-hydrogen) atoms. The molecule has 0 aromatic carbocycles. The average molecular weight is 358 g/mol. The molecule has 0 aliphatic heterocycles. The first-order chi connectivity index (χ1) is 12.2. The van der Waals surface area contributed by atoms with Crippen molar-refractivity contribution < 1.29 is 15.0 Å². The summed E-state index contributed by atoms with van der Waals surface area (Å²) in [6, 6.07) is 0. The van der Waals surface area contributed by atoms with E-state index in [4.69, 9.17) is 10.2 Å². The van der Waals surface area contributed by atoms with Crippen LogP contribution < -0.4 is 5.32 Å². The summed E-state index contributed by atoms with van der Waals surface area (Å²) in [5, 5.41) is 20.6. The van der Waals surface area contributed by atoms with E-state index in [1.807, 2.05) is 0 Å². The van der Waals surface area contributed by atoms with Gasteiger partial charge in [-0.15, -0.1) is 0 Å². The molecule has 0 saturated heterocycles. The highest BCUT2D eigenvalue weighted by Crippen LogP contribution is 2.13. The topological polar surface area (TPSA) is 69.6 Å². The van der Waals surface area contributed by atoms with Gasteiger partial charge in [0.25, 0.3) is 0 Å². The Bertz CT molecular complexity index is 284. The van der Waals surface area contributed by atoms with Gasteiger partial charge in [0.05, 0.1) is 0 Å². The van der Waals surface area contributed by atoms with Crippen LogP contribution in [0, 0.1) is 0 Å². The van der Waals surface area contributed by atoms with Gasteiger partial charge in [0.1, 0.15) is 0 Å². The van der Waals surface area contributed by atoms with Crippen molar-refractivity contribution in [1.82, 2.24) is 5.32 Å². The van der Waals surface area contributed by atoms with Gasteiger partial charge in [-0.2, -0.15) is 0 Å². The van der Waals surface area contributed by atoms with Gasteiger partial charge in [0.2, 0.25) is 0 Å². The van der Waals surface area contributed by atoms with E-state index in [0.29, 0.717) is 0 Å². The van der Waals surface area contributed by atoms with E-state index in [2.05, 4.69) is 12.2 Å². The summed E-state index contributed by atoms with van der Waals surface area (Å²) < 4.78 is 0. The minimum Gasteiger partial charge on any atom is -0.479 e. The quantitative estimate of drug-likeness (QED) is 0.259. The third kappa shape index (κ3) is 19.6. The Labute approximate surface area is 155 Å². The van der Waals surface area contributed by atoms with Crippen molar-refractivity contribution in [2.24, 2.45) is 0 Å². The Morgan fingerprint density at radius 3 is 1.44 bits per heavy atom. The molecule has 1 atom stereocenters. The van der Waals surface area contributed by atoms with Crippen molar-refractivity contribution in [3.63, 3.8) is 0 Å². The van der Waals surface area contributed by atoms with Crippen molar-refractivity contribution in [1.29, 1.82) is 0 Å². The maximum Gasteiger partial charge on any atom is 0.333 e. The molecule has 0 rings (SSSR count). The average Bonchev–Trinajstić information content (AvgIpc) is 2.60. The van der Waals surface area contributed by atoms with E-state index in [-0.39, 0.29) is 6.54 Å². The number of carboxylic acid groups (broad SMARTS) is 1. The molecule has 0 aliphatic rings. The van der Waals surface area contributed by atoms with E-state index < -0.39 is 12.1 Å². The maximum atomic E-state index is 10.4. The Hall–Kier alpha value is -0.610. The summed E-state index contributed by atoms with van der Waals surface area (Å²) in [7, 11) is 0. The largest absolute Gasteiger partial charge is 0.479 e.